The van der Waals surface area contributed by atoms with Gasteiger partial charge in [0.25, 0.3) is 5.91 Å². The van der Waals surface area contributed by atoms with E-state index in [1.807, 2.05) is 38.1 Å². The predicted octanol–water partition coefficient (Wildman–Crippen LogP) is 3.65. The molecule has 2 amide bonds. The summed E-state index contributed by atoms with van der Waals surface area (Å²) in [4.78, 5) is 24.6. The molecule has 0 heterocycles. The van der Waals surface area contributed by atoms with Crippen LogP contribution in [0.25, 0.3) is 0 Å². The molecule has 0 fully saturated rings. The fourth-order valence-electron chi connectivity index (χ4n) is 2.40. The van der Waals surface area contributed by atoms with Crippen molar-refractivity contribution in [2.75, 3.05) is 17.6 Å². The van der Waals surface area contributed by atoms with Crippen LogP contribution < -0.4 is 16.4 Å². The van der Waals surface area contributed by atoms with Gasteiger partial charge in [-0.15, -0.1) is 12.4 Å². The first-order valence-electron chi connectivity index (χ1n) is 8.48. The predicted molar refractivity (Wildman–Crippen MR) is 109 cm³/mol. The number of carbonyl (C=O) groups is 2. The van der Waals surface area contributed by atoms with E-state index in [1.54, 1.807) is 24.3 Å². The van der Waals surface area contributed by atoms with E-state index < -0.39 is 0 Å². The minimum absolute atomic E-state index is 0. The summed E-state index contributed by atoms with van der Waals surface area (Å²) in [6.45, 7) is 4.65. The van der Waals surface area contributed by atoms with E-state index >= 15 is 0 Å². The van der Waals surface area contributed by atoms with Crippen LogP contribution in [0.5, 0.6) is 0 Å². The maximum atomic E-state index is 12.3. The van der Waals surface area contributed by atoms with Crippen molar-refractivity contribution in [1.82, 2.24) is 5.32 Å². The molecule has 0 bridgehead atoms. The molecule has 0 radical (unpaired) electrons. The van der Waals surface area contributed by atoms with Crippen molar-refractivity contribution in [3.63, 3.8) is 0 Å². The van der Waals surface area contributed by atoms with E-state index in [0.717, 1.165) is 5.56 Å². The lowest BCUT2D eigenvalue weighted by Gasteiger charge is -2.12. The van der Waals surface area contributed by atoms with Gasteiger partial charge in [-0.1, -0.05) is 44.2 Å². The van der Waals surface area contributed by atoms with Crippen LogP contribution in [0, 0.1) is 5.92 Å². The van der Waals surface area contributed by atoms with Crippen LogP contribution in [0.1, 0.15) is 36.2 Å². The molecule has 0 aliphatic rings. The van der Waals surface area contributed by atoms with Crippen LogP contribution in [-0.4, -0.2) is 18.4 Å². The van der Waals surface area contributed by atoms with E-state index in [4.69, 9.17) is 5.73 Å². The Hall–Kier alpha value is -2.53. The maximum Gasteiger partial charge on any atom is 0.253 e. The molecule has 2 aromatic rings. The van der Waals surface area contributed by atoms with Crippen molar-refractivity contribution in [2.24, 2.45) is 5.92 Å². The molecular formula is C20H26ClN3O2. The van der Waals surface area contributed by atoms with Crippen molar-refractivity contribution >= 4 is 35.6 Å². The van der Waals surface area contributed by atoms with Gasteiger partial charge in [0.1, 0.15) is 0 Å². The van der Waals surface area contributed by atoms with Crippen LogP contribution in [-0.2, 0) is 11.2 Å². The molecule has 0 unspecified atom stereocenters. The average molecular weight is 376 g/mol. The minimum Gasteiger partial charge on any atom is -0.399 e. The fraction of sp³-hybridized carbons (Fsp3) is 0.300. The van der Waals surface area contributed by atoms with E-state index in [2.05, 4.69) is 10.6 Å². The summed E-state index contributed by atoms with van der Waals surface area (Å²) in [6.07, 6.45) is 0.858. The summed E-state index contributed by atoms with van der Waals surface area (Å²) in [7, 11) is 0. The van der Waals surface area contributed by atoms with E-state index in [9.17, 15) is 9.59 Å². The number of para-hydroxylation sites is 2. The standard InChI is InChI=1S/C20H25N3O2.ClH/c1-14(2)13-22-20(25)16-8-4-6-10-18(16)23-19(24)12-11-15-7-3-5-9-17(15)21;/h3-10,14H,11-13,21H2,1-2H3,(H,22,25)(H,23,24);1H. The first-order valence-corrected chi connectivity index (χ1v) is 8.48. The minimum atomic E-state index is -0.183. The monoisotopic (exact) mass is 375 g/mol. The Morgan fingerprint density at radius 2 is 1.69 bits per heavy atom. The lowest BCUT2D eigenvalue weighted by Crippen LogP contribution is -2.28. The molecule has 0 saturated heterocycles. The SMILES string of the molecule is CC(C)CNC(=O)c1ccccc1NC(=O)CCc1ccccc1N.Cl. The quantitative estimate of drug-likeness (QED) is 0.646. The third-order valence-electron chi connectivity index (χ3n) is 3.79. The van der Waals surface area contributed by atoms with Gasteiger partial charge in [0.2, 0.25) is 5.91 Å². The number of hydrogen-bond donors (Lipinski definition) is 3. The highest BCUT2D eigenvalue weighted by Crippen LogP contribution is 2.17. The normalized spacial score (nSPS) is 10.1. The summed E-state index contributed by atoms with van der Waals surface area (Å²) in [5, 5.41) is 5.70. The number of anilines is 2. The number of carbonyl (C=O) groups excluding carboxylic acids is 2. The van der Waals surface area contributed by atoms with E-state index in [1.165, 1.54) is 0 Å². The second kappa shape index (κ2) is 10.5. The molecule has 5 nitrogen and oxygen atoms in total. The first kappa shape index (κ1) is 21.5. The largest absolute Gasteiger partial charge is 0.399 e. The molecule has 2 rings (SSSR count). The lowest BCUT2D eigenvalue weighted by molar-refractivity contribution is -0.116. The molecule has 0 saturated carbocycles. The van der Waals surface area contributed by atoms with Crippen molar-refractivity contribution in [1.29, 1.82) is 0 Å². The summed E-state index contributed by atoms with van der Waals surface area (Å²) in [5.41, 5.74) is 8.52. The second-order valence-electron chi connectivity index (χ2n) is 6.40. The van der Waals surface area contributed by atoms with Gasteiger partial charge in [-0.3, -0.25) is 9.59 Å². The number of nitrogens with two attached hydrogens (primary N) is 1. The Bertz CT molecular complexity index is 747. The highest BCUT2D eigenvalue weighted by atomic mass is 35.5. The number of aryl methyl sites for hydroxylation is 1. The molecule has 140 valence electrons. The molecule has 6 heteroatoms. The third kappa shape index (κ3) is 6.41. The third-order valence-corrected chi connectivity index (χ3v) is 3.79. The van der Waals surface area contributed by atoms with Crippen LogP contribution >= 0.6 is 12.4 Å². The lowest BCUT2D eigenvalue weighted by atomic mass is 10.1. The van der Waals surface area contributed by atoms with Crippen molar-refractivity contribution in [3.8, 4) is 0 Å². The summed E-state index contributed by atoms with van der Waals surface area (Å²) in [6, 6.07) is 14.5. The molecule has 0 spiro atoms. The van der Waals surface area contributed by atoms with Gasteiger partial charge < -0.3 is 16.4 Å². The zero-order valence-corrected chi connectivity index (χ0v) is 15.9. The van der Waals surface area contributed by atoms with E-state index in [0.29, 0.717) is 42.2 Å². The maximum absolute atomic E-state index is 12.3. The van der Waals surface area contributed by atoms with Crippen LogP contribution in [0.3, 0.4) is 0 Å². The molecule has 2 aromatic carbocycles. The molecule has 0 aromatic heterocycles. The molecule has 0 aliphatic heterocycles. The number of halogens is 1. The summed E-state index contributed by atoms with van der Waals surface area (Å²) in [5.74, 6) is 0.0336. The fourth-order valence-corrected chi connectivity index (χ4v) is 2.40. The highest BCUT2D eigenvalue weighted by Gasteiger charge is 2.13. The zero-order chi connectivity index (χ0) is 18.2. The highest BCUT2D eigenvalue weighted by molar-refractivity contribution is 6.03. The van der Waals surface area contributed by atoms with Gasteiger partial charge in [-0.05, 0) is 36.1 Å². The van der Waals surface area contributed by atoms with Gasteiger partial charge in [0, 0.05) is 18.7 Å². The molecule has 0 atom stereocenters. The zero-order valence-electron chi connectivity index (χ0n) is 15.1. The van der Waals surface area contributed by atoms with Gasteiger partial charge >= 0.3 is 0 Å². The second-order valence-corrected chi connectivity index (χ2v) is 6.40. The Morgan fingerprint density at radius 3 is 2.38 bits per heavy atom. The molecular weight excluding hydrogens is 350 g/mol. The van der Waals surface area contributed by atoms with Crippen LogP contribution in [0.2, 0.25) is 0 Å². The number of amides is 2. The number of hydrogen-bond acceptors (Lipinski definition) is 3. The molecule has 0 aliphatic carbocycles. The van der Waals surface area contributed by atoms with Gasteiger partial charge in [0.05, 0.1) is 11.3 Å². The first-order chi connectivity index (χ1) is 12.0. The molecule has 4 N–H and O–H groups in total. The van der Waals surface area contributed by atoms with Crippen LogP contribution in [0.15, 0.2) is 48.5 Å². The number of nitrogens with one attached hydrogen (secondary N) is 2. The topological polar surface area (TPSA) is 84.2 Å². The Balaban J connectivity index is 0.00000338. The number of rotatable bonds is 7. The summed E-state index contributed by atoms with van der Waals surface area (Å²) >= 11 is 0. The smallest absolute Gasteiger partial charge is 0.253 e. The van der Waals surface area contributed by atoms with Crippen LogP contribution in [0.4, 0.5) is 11.4 Å². The number of nitrogen functional groups attached to an aromatic ring is 1. The van der Waals surface area contributed by atoms with Crippen molar-refractivity contribution in [3.05, 3.63) is 59.7 Å². The number of benzene rings is 2. The Labute approximate surface area is 160 Å². The molecule has 26 heavy (non-hydrogen) atoms. The van der Waals surface area contributed by atoms with Gasteiger partial charge in [-0.2, -0.15) is 0 Å². The Morgan fingerprint density at radius 1 is 1.04 bits per heavy atom. The van der Waals surface area contributed by atoms with Crippen molar-refractivity contribution in [2.45, 2.75) is 26.7 Å². The van der Waals surface area contributed by atoms with Gasteiger partial charge in [0.15, 0.2) is 0 Å². The Kier molecular flexibility index (Phi) is 8.65. The average Bonchev–Trinajstić information content (AvgIpc) is 2.59. The van der Waals surface area contributed by atoms with Gasteiger partial charge in [-0.25, -0.2) is 0 Å². The van der Waals surface area contributed by atoms with E-state index in [-0.39, 0.29) is 24.2 Å². The van der Waals surface area contributed by atoms with Crippen molar-refractivity contribution < 1.29 is 9.59 Å². The summed E-state index contributed by atoms with van der Waals surface area (Å²) < 4.78 is 0.